The molecule has 2 aromatic rings. The Bertz CT molecular complexity index is 670. The molecular weight excluding hydrogens is 276 g/mol. The van der Waals surface area contributed by atoms with Gasteiger partial charge in [0.2, 0.25) is 5.91 Å². The Morgan fingerprint density at radius 2 is 1.95 bits per heavy atom. The van der Waals surface area contributed by atoms with Crippen LogP contribution in [-0.4, -0.2) is 26.1 Å². The topological polar surface area (TPSA) is 41.6 Å². The smallest absolute Gasteiger partial charge is 0.240 e. The molecule has 0 spiro atoms. The molecule has 1 heterocycles. The summed E-state index contributed by atoms with van der Waals surface area (Å²) in [6.45, 7) is 1.71. The number of hydrogen-bond donors (Lipinski definition) is 1. The standard InChI is InChI=1S/C18H20N2O2/c1-22-17-9-5-3-7-15(17)12-19-13-18(21)20-11-10-14-6-2-4-8-16(14)20/h2-9,19H,10-13H2,1H3. The van der Waals surface area contributed by atoms with E-state index in [1.54, 1.807) is 7.11 Å². The number of hydrogen-bond acceptors (Lipinski definition) is 3. The highest BCUT2D eigenvalue weighted by molar-refractivity contribution is 5.96. The van der Waals surface area contributed by atoms with Crippen molar-refractivity contribution in [3.8, 4) is 5.75 Å². The number of carbonyl (C=O) groups excluding carboxylic acids is 1. The van der Waals surface area contributed by atoms with Crippen LogP contribution in [0.5, 0.6) is 5.75 Å². The Morgan fingerprint density at radius 3 is 2.82 bits per heavy atom. The molecule has 4 nitrogen and oxygen atoms in total. The molecule has 0 aliphatic carbocycles. The van der Waals surface area contributed by atoms with E-state index in [1.165, 1.54) is 5.56 Å². The van der Waals surface area contributed by atoms with Crippen molar-refractivity contribution < 1.29 is 9.53 Å². The number of anilines is 1. The van der Waals surface area contributed by atoms with E-state index < -0.39 is 0 Å². The SMILES string of the molecule is COc1ccccc1CNCC(=O)N1CCc2ccccc21. The summed E-state index contributed by atoms with van der Waals surface area (Å²) in [5.74, 6) is 0.953. The van der Waals surface area contributed by atoms with Crippen molar-refractivity contribution in [2.75, 3.05) is 25.1 Å². The number of methoxy groups -OCH3 is 1. The zero-order valence-corrected chi connectivity index (χ0v) is 12.7. The van der Waals surface area contributed by atoms with E-state index in [1.807, 2.05) is 47.4 Å². The molecule has 0 fully saturated rings. The molecular formula is C18H20N2O2. The van der Waals surface area contributed by atoms with Crippen LogP contribution in [0.4, 0.5) is 5.69 Å². The van der Waals surface area contributed by atoms with Crippen molar-refractivity contribution in [1.29, 1.82) is 0 Å². The summed E-state index contributed by atoms with van der Waals surface area (Å²) >= 11 is 0. The van der Waals surface area contributed by atoms with Crippen LogP contribution in [-0.2, 0) is 17.8 Å². The summed E-state index contributed by atoms with van der Waals surface area (Å²) in [6.07, 6.45) is 0.939. The minimum Gasteiger partial charge on any atom is -0.496 e. The minimum absolute atomic E-state index is 0.111. The van der Waals surface area contributed by atoms with Crippen molar-refractivity contribution in [2.24, 2.45) is 0 Å². The van der Waals surface area contributed by atoms with Gasteiger partial charge >= 0.3 is 0 Å². The maximum absolute atomic E-state index is 12.4. The first-order chi connectivity index (χ1) is 10.8. The highest BCUT2D eigenvalue weighted by atomic mass is 16.5. The van der Waals surface area contributed by atoms with Gasteiger partial charge in [0.1, 0.15) is 5.75 Å². The average Bonchev–Trinajstić information content (AvgIpc) is 2.99. The fraction of sp³-hybridized carbons (Fsp3) is 0.278. The van der Waals surface area contributed by atoms with Crippen LogP contribution in [0.15, 0.2) is 48.5 Å². The predicted molar refractivity (Wildman–Crippen MR) is 87.2 cm³/mol. The quantitative estimate of drug-likeness (QED) is 0.921. The number of benzene rings is 2. The Morgan fingerprint density at radius 1 is 1.18 bits per heavy atom. The third-order valence-corrected chi connectivity index (χ3v) is 3.97. The fourth-order valence-electron chi connectivity index (χ4n) is 2.85. The summed E-state index contributed by atoms with van der Waals surface area (Å²) in [5, 5.41) is 3.21. The number of carbonyl (C=O) groups is 1. The highest BCUT2D eigenvalue weighted by Crippen LogP contribution is 2.27. The van der Waals surface area contributed by atoms with Gasteiger partial charge in [0, 0.05) is 24.3 Å². The summed E-state index contributed by atoms with van der Waals surface area (Å²) in [4.78, 5) is 14.3. The third kappa shape index (κ3) is 2.97. The molecule has 0 atom stereocenters. The van der Waals surface area contributed by atoms with E-state index in [-0.39, 0.29) is 5.91 Å². The second kappa shape index (κ2) is 6.62. The molecule has 4 heteroatoms. The predicted octanol–water partition coefficient (Wildman–Crippen LogP) is 2.37. The first-order valence-electron chi connectivity index (χ1n) is 7.50. The number of nitrogens with one attached hydrogen (secondary N) is 1. The number of amides is 1. The van der Waals surface area contributed by atoms with Gasteiger partial charge in [-0.05, 0) is 24.1 Å². The molecule has 2 aromatic carbocycles. The van der Waals surface area contributed by atoms with Gasteiger partial charge in [0.25, 0.3) is 0 Å². The molecule has 0 aromatic heterocycles. The lowest BCUT2D eigenvalue weighted by Gasteiger charge is -2.18. The molecule has 0 saturated carbocycles. The molecule has 3 rings (SSSR count). The number of fused-ring (bicyclic) bond motifs is 1. The van der Waals surface area contributed by atoms with E-state index in [0.717, 1.165) is 30.0 Å². The first kappa shape index (κ1) is 14.6. The van der Waals surface area contributed by atoms with E-state index in [0.29, 0.717) is 13.1 Å². The number of rotatable bonds is 5. The monoisotopic (exact) mass is 296 g/mol. The van der Waals surface area contributed by atoms with Crippen LogP contribution in [0.2, 0.25) is 0 Å². The normalized spacial score (nSPS) is 13.0. The maximum atomic E-state index is 12.4. The van der Waals surface area contributed by atoms with Gasteiger partial charge in [0.05, 0.1) is 13.7 Å². The molecule has 1 N–H and O–H groups in total. The number of ether oxygens (including phenoxy) is 1. The van der Waals surface area contributed by atoms with Crippen molar-refractivity contribution in [3.05, 3.63) is 59.7 Å². The Kier molecular flexibility index (Phi) is 4.39. The van der Waals surface area contributed by atoms with Crippen molar-refractivity contribution in [3.63, 3.8) is 0 Å². The van der Waals surface area contributed by atoms with E-state index in [2.05, 4.69) is 11.4 Å². The van der Waals surface area contributed by atoms with Gasteiger partial charge in [-0.1, -0.05) is 36.4 Å². The Balaban J connectivity index is 1.57. The average molecular weight is 296 g/mol. The number of para-hydroxylation sites is 2. The van der Waals surface area contributed by atoms with Crippen LogP contribution in [0.1, 0.15) is 11.1 Å². The lowest BCUT2D eigenvalue weighted by Crippen LogP contribution is -2.37. The third-order valence-electron chi connectivity index (χ3n) is 3.97. The van der Waals surface area contributed by atoms with Crippen LogP contribution in [0.25, 0.3) is 0 Å². The maximum Gasteiger partial charge on any atom is 0.240 e. The van der Waals surface area contributed by atoms with E-state index in [4.69, 9.17) is 4.74 Å². The van der Waals surface area contributed by atoms with Crippen molar-refractivity contribution in [2.45, 2.75) is 13.0 Å². The molecule has 1 aliphatic heterocycles. The summed E-state index contributed by atoms with van der Waals surface area (Å²) in [5.41, 5.74) is 3.35. The zero-order valence-electron chi connectivity index (χ0n) is 12.7. The van der Waals surface area contributed by atoms with E-state index >= 15 is 0 Å². The van der Waals surface area contributed by atoms with Gasteiger partial charge in [-0.25, -0.2) is 0 Å². The van der Waals surface area contributed by atoms with Gasteiger partial charge in [0.15, 0.2) is 0 Å². The first-order valence-corrected chi connectivity index (χ1v) is 7.50. The van der Waals surface area contributed by atoms with Crippen molar-refractivity contribution in [1.82, 2.24) is 5.32 Å². The minimum atomic E-state index is 0.111. The van der Waals surface area contributed by atoms with Gasteiger partial charge < -0.3 is 15.0 Å². The molecule has 1 aliphatic rings. The largest absolute Gasteiger partial charge is 0.496 e. The molecule has 0 radical (unpaired) electrons. The zero-order chi connectivity index (χ0) is 15.4. The van der Waals surface area contributed by atoms with Gasteiger partial charge in [-0.3, -0.25) is 4.79 Å². The molecule has 0 bridgehead atoms. The van der Waals surface area contributed by atoms with Crippen LogP contribution in [0.3, 0.4) is 0 Å². The van der Waals surface area contributed by atoms with E-state index in [9.17, 15) is 4.79 Å². The number of nitrogens with zero attached hydrogens (tertiary/aromatic N) is 1. The fourth-order valence-corrected chi connectivity index (χ4v) is 2.85. The second-order valence-electron chi connectivity index (χ2n) is 5.34. The molecule has 114 valence electrons. The highest BCUT2D eigenvalue weighted by Gasteiger charge is 2.23. The second-order valence-corrected chi connectivity index (χ2v) is 5.34. The Hall–Kier alpha value is -2.33. The van der Waals surface area contributed by atoms with Gasteiger partial charge in [-0.15, -0.1) is 0 Å². The summed E-state index contributed by atoms with van der Waals surface area (Å²) in [7, 11) is 1.66. The van der Waals surface area contributed by atoms with Crippen LogP contribution in [0, 0.1) is 0 Å². The summed E-state index contributed by atoms with van der Waals surface area (Å²) < 4.78 is 5.31. The molecule has 0 saturated heterocycles. The molecule has 0 unspecified atom stereocenters. The lowest BCUT2D eigenvalue weighted by atomic mass is 10.2. The van der Waals surface area contributed by atoms with Crippen molar-refractivity contribution >= 4 is 11.6 Å². The van der Waals surface area contributed by atoms with Gasteiger partial charge in [-0.2, -0.15) is 0 Å². The summed E-state index contributed by atoms with van der Waals surface area (Å²) in [6, 6.07) is 15.9. The lowest BCUT2D eigenvalue weighted by molar-refractivity contribution is -0.117. The molecule has 22 heavy (non-hydrogen) atoms. The Labute approximate surface area is 130 Å². The molecule has 1 amide bonds. The van der Waals surface area contributed by atoms with Crippen LogP contribution < -0.4 is 15.0 Å². The van der Waals surface area contributed by atoms with Crippen LogP contribution >= 0.6 is 0 Å².